The Morgan fingerprint density at radius 1 is 1.58 bits per heavy atom. The summed E-state index contributed by atoms with van der Waals surface area (Å²) in [5.41, 5.74) is 0. The summed E-state index contributed by atoms with van der Waals surface area (Å²) in [6.07, 6.45) is 2.56. The Kier molecular flexibility index (Phi) is 9.68. The van der Waals surface area contributed by atoms with Crippen molar-refractivity contribution < 1.29 is 14.3 Å². The van der Waals surface area contributed by atoms with Crippen LogP contribution >= 0.6 is 35.9 Å². The molecular formula is C11H21ClN2O3S2. The summed E-state index contributed by atoms with van der Waals surface area (Å²) in [5.74, 6) is 1.05. The van der Waals surface area contributed by atoms with Gasteiger partial charge in [-0.05, 0) is 25.4 Å². The van der Waals surface area contributed by atoms with E-state index in [4.69, 9.17) is 4.74 Å². The fraction of sp³-hybridized carbons (Fsp3) is 0.818. The first-order valence-corrected chi connectivity index (χ1v) is 8.27. The lowest BCUT2D eigenvalue weighted by molar-refractivity contribution is -0.145. The van der Waals surface area contributed by atoms with E-state index in [2.05, 4.69) is 10.6 Å². The molecular weight excluding hydrogens is 308 g/mol. The van der Waals surface area contributed by atoms with Gasteiger partial charge in [-0.1, -0.05) is 0 Å². The van der Waals surface area contributed by atoms with Crippen LogP contribution < -0.4 is 10.6 Å². The van der Waals surface area contributed by atoms with E-state index in [1.807, 2.05) is 13.2 Å². The van der Waals surface area contributed by atoms with Crippen LogP contribution in [0.4, 0.5) is 0 Å². The van der Waals surface area contributed by atoms with Crippen molar-refractivity contribution in [3.63, 3.8) is 0 Å². The molecule has 0 aromatic heterocycles. The molecule has 0 aromatic carbocycles. The van der Waals surface area contributed by atoms with Gasteiger partial charge in [-0.3, -0.25) is 10.1 Å². The number of hydrogen-bond acceptors (Lipinski definition) is 6. The first kappa shape index (κ1) is 18.9. The van der Waals surface area contributed by atoms with Crippen molar-refractivity contribution in [2.24, 2.45) is 0 Å². The SMILES string of the molecule is COC(=O)[C@H](CCSC)NC(=O)C1CSC(C)N1.Cl. The minimum Gasteiger partial charge on any atom is -0.467 e. The van der Waals surface area contributed by atoms with Gasteiger partial charge in [-0.25, -0.2) is 4.79 Å². The molecule has 0 bridgehead atoms. The molecule has 0 spiro atoms. The second kappa shape index (κ2) is 9.74. The van der Waals surface area contributed by atoms with Gasteiger partial charge in [0.15, 0.2) is 0 Å². The van der Waals surface area contributed by atoms with Crippen molar-refractivity contribution in [2.75, 3.05) is 24.9 Å². The maximum atomic E-state index is 12.0. The normalized spacial score (nSPS) is 23.3. The molecule has 1 fully saturated rings. The van der Waals surface area contributed by atoms with E-state index in [0.717, 1.165) is 11.5 Å². The fourth-order valence-electron chi connectivity index (χ4n) is 1.67. The van der Waals surface area contributed by atoms with Gasteiger partial charge in [-0.15, -0.1) is 24.2 Å². The number of methoxy groups -OCH3 is 1. The van der Waals surface area contributed by atoms with Gasteiger partial charge in [0.1, 0.15) is 6.04 Å². The molecule has 2 unspecified atom stereocenters. The first-order valence-electron chi connectivity index (χ1n) is 5.83. The van der Waals surface area contributed by atoms with E-state index >= 15 is 0 Å². The predicted octanol–water partition coefficient (Wildman–Crippen LogP) is 0.870. The summed E-state index contributed by atoms with van der Waals surface area (Å²) in [6, 6.07) is -0.760. The molecule has 0 saturated carbocycles. The van der Waals surface area contributed by atoms with Crippen LogP contribution in [0.1, 0.15) is 13.3 Å². The molecule has 112 valence electrons. The molecule has 0 aliphatic carbocycles. The molecule has 2 N–H and O–H groups in total. The fourth-order valence-corrected chi connectivity index (χ4v) is 3.13. The van der Waals surface area contributed by atoms with Crippen LogP contribution in [0.25, 0.3) is 0 Å². The maximum Gasteiger partial charge on any atom is 0.328 e. The van der Waals surface area contributed by atoms with Crippen LogP contribution in [0.5, 0.6) is 0 Å². The Balaban J connectivity index is 0.00000324. The standard InChI is InChI=1S/C11H20N2O3S2.ClH/c1-7-12-9(6-18-7)10(14)13-8(4-5-17-3)11(15)16-2;/h7-9,12H,4-6H2,1-3H3,(H,13,14);1H/t7?,8-,9?;/m0./s1. The molecule has 1 saturated heterocycles. The third-order valence-corrected chi connectivity index (χ3v) is 4.48. The largest absolute Gasteiger partial charge is 0.467 e. The zero-order valence-corrected chi connectivity index (χ0v) is 13.8. The summed E-state index contributed by atoms with van der Waals surface area (Å²) in [7, 11) is 1.34. The van der Waals surface area contributed by atoms with Crippen LogP contribution in [0, 0.1) is 0 Å². The highest BCUT2D eigenvalue weighted by atomic mass is 35.5. The van der Waals surface area contributed by atoms with Crippen molar-refractivity contribution >= 4 is 47.8 Å². The van der Waals surface area contributed by atoms with Crippen molar-refractivity contribution in [1.29, 1.82) is 0 Å². The van der Waals surface area contributed by atoms with Crippen LogP contribution in [-0.4, -0.2) is 54.2 Å². The number of hydrogen-bond donors (Lipinski definition) is 2. The Morgan fingerprint density at radius 3 is 2.74 bits per heavy atom. The van der Waals surface area contributed by atoms with Gasteiger partial charge in [-0.2, -0.15) is 11.8 Å². The summed E-state index contributed by atoms with van der Waals surface area (Å²) < 4.78 is 4.71. The average Bonchev–Trinajstić information content (AvgIpc) is 2.80. The second-order valence-electron chi connectivity index (χ2n) is 4.06. The highest BCUT2D eigenvalue weighted by molar-refractivity contribution is 8.00. The van der Waals surface area contributed by atoms with Crippen molar-refractivity contribution in [3.05, 3.63) is 0 Å². The van der Waals surface area contributed by atoms with Gasteiger partial charge in [0.25, 0.3) is 0 Å². The summed E-state index contributed by atoms with van der Waals surface area (Å²) in [4.78, 5) is 23.5. The molecule has 1 rings (SSSR count). The molecule has 0 radical (unpaired) electrons. The third kappa shape index (κ3) is 6.25. The quantitative estimate of drug-likeness (QED) is 0.705. The Bertz CT molecular complexity index is 308. The van der Waals surface area contributed by atoms with Gasteiger partial charge in [0, 0.05) is 5.75 Å². The van der Waals surface area contributed by atoms with E-state index in [9.17, 15) is 9.59 Å². The molecule has 1 aliphatic rings. The van der Waals surface area contributed by atoms with E-state index in [1.54, 1.807) is 23.5 Å². The zero-order valence-electron chi connectivity index (χ0n) is 11.3. The number of ether oxygens (including phenoxy) is 1. The second-order valence-corrected chi connectivity index (χ2v) is 6.42. The number of rotatable bonds is 6. The summed E-state index contributed by atoms with van der Waals surface area (Å²) >= 11 is 3.34. The molecule has 1 aliphatic heterocycles. The van der Waals surface area contributed by atoms with Gasteiger partial charge in [0.05, 0.1) is 18.5 Å². The Morgan fingerprint density at radius 2 is 2.26 bits per heavy atom. The topological polar surface area (TPSA) is 67.4 Å². The molecule has 0 aromatic rings. The van der Waals surface area contributed by atoms with Gasteiger partial charge >= 0.3 is 5.97 Å². The van der Waals surface area contributed by atoms with Crippen LogP contribution in [0.2, 0.25) is 0 Å². The lowest BCUT2D eigenvalue weighted by atomic mass is 10.2. The number of carbonyl (C=O) groups excluding carboxylic acids is 2. The smallest absolute Gasteiger partial charge is 0.328 e. The molecule has 3 atom stereocenters. The van der Waals surface area contributed by atoms with E-state index < -0.39 is 6.04 Å². The number of carbonyl (C=O) groups is 2. The number of amides is 1. The minimum atomic E-state index is -0.544. The number of halogens is 1. The number of thioether (sulfide) groups is 2. The molecule has 1 amide bonds. The molecule has 8 heteroatoms. The highest BCUT2D eigenvalue weighted by Crippen LogP contribution is 2.18. The average molecular weight is 329 g/mol. The monoisotopic (exact) mass is 328 g/mol. The number of esters is 1. The Labute approximate surface area is 128 Å². The van der Waals surface area contributed by atoms with Crippen LogP contribution in [0.3, 0.4) is 0 Å². The maximum absolute atomic E-state index is 12.0. The third-order valence-electron chi connectivity index (χ3n) is 2.68. The molecule has 5 nitrogen and oxygen atoms in total. The number of nitrogens with one attached hydrogen (secondary N) is 2. The molecule has 19 heavy (non-hydrogen) atoms. The lowest BCUT2D eigenvalue weighted by Crippen LogP contribution is -2.50. The van der Waals surface area contributed by atoms with Crippen molar-refractivity contribution in [1.82, 2.24) is 10.6 Å². The lowest BCUT2D eigenvalue weighted by Gasteiger charge is -2.18. The van der Waals surface area contributed by atoms with Crippen molar-refractivity contribution in [2.45, 2.75) is 30.8 Å². The first-order chi connectivity index (χ1) is 8.58. The summed E-state index contributed by atoms with van der Waals surface area (Å²) in [5, 5.41) is 6.21. The molecule has 1 heterocycles. The van der Waals surface area contributed by atoms with E-state index in [0.29, 0.717) is 6.42 Å². The summed E-state index contributed by atoms with van der Waals surface area (Å²) in [6.45, 7) is 2.02. The zero-order chi connectivity index (χ0) is 13.5. The van der Waals surface area contributed by atoms with Crippen molar-refractivity contribution in [3.8, 4) is 0 Å². The van der Waals surface area contributed by atoms with Crippen LogP contribution in [0.15, 0.2) is 0 Å². The predicted molar refractivity (Wildman–Crippen MR) is 83.0 cm³/mol. The highest BCUT2D eigenvalue weighted by Gasteiger charge is 2.30. The van der Waals surface area contributed by atoms with E-state index in [-0.39, 0.29) is 35.7 Å². The Hall–Kier alpha value is -0.110. The van der Waals surface area contributed by atoms with Gasteiger partial charge in [0.2, 0.25) is 5.91 Å². The van der Waals surface area contributed by atoms with Gasteiger partial charge < -0.3 is 10.1 Å². The van der Waals surface area contributed by atoms with E-state index in [1.165, 1.54) is 7.11 Å². The van der Waals surface area contributed by atoms with Crippen LogP contribution in [-0.2, 0) is 14.3 Å². The minimum absolute atomic E-state index is 0.